The Morgan fingerprint density at radius 3 is 2.18 bits per heavy atom. The lowest BCUT2D eigenvalue weighted by atomic mass is 10.1. The van der Waals surface area contributed by atoms with Gasteiger partial charge in [0.25, 0.3) is 0 Å². The van der Waals surface area contributed by atoms with E-state index < -0.39 is 13.3 Å². The van der Waals surface area contributed by atoms with Crippen LogP contribution in [-0.4, -0.2) is 20.4 Å². The van der Waals surface area contributed by atoms with Crippen LogP contribution in [0.5, 0.6) is 5.75 Å². The summed E-state index contributed by atoms with van der Waals surface area (Å²) in [5.74, 6) is 0.00576. The van der Waals surface area contributed by atoms with Gasteiger partial charge in [-0.25, -0.2) is 8.63 Å². The Balaban J connectivity index is 2.29. The van der Waals surface area contributed by atoms with Crippen LogP contribution in [0.3, 0.4) is 0 Å². The summed E-state index contributed by atoms with van der Waals surface area (Å²) in [5.41, 5.74) is 0.761. The molecule has 0 N–H and O–H groups in total. The fourth-order valence-electron chi connectivity index (χ4n) is 1.84. The second-order valence-electron chi connectivity index (χ2n) is 4.35. The van der Waals surface area contributed by atoms with Gasteiger partial charge in [0.05, 0.1) is 7.11 Å². The third-order valence-corrected chi connectivity index (χ3v) is 2.91. The molecule has 112 valence electrons. The molecule has 0 unspecified atom stereocenters. The lowest BCUT2D eigenvalue weighted by molar-refractivity contribution is 0.104. The minimum atomic E-state index is -3.00. The second-order valence-corrected chi connectivity index (χ2v) is 4.35. The van der Waals surface area contributed by atoms with Crippen molar-refractivity contribution in [2.24, 2.45) is 0 Å². The van der Waals surface area contributed by atoms with Gasteiger partial charge in [0.2, 0.25) is 0 Å². The molecule has 0 atom stereocenters. The smallest absolute Gasteiger partial charge is 0.505 e. The van der Waals surface area contributed by atoms with Crippen molar-refractivity contribution >= 4 is 19.0 Å². The normalized spacial score (nSPS) is 11.0. The first kappa shape index (κ1) is 15.8. The molecule has 0 saturated heterocycles. The van der Waals surface area contributed by atoms with Gasteiger partial charge in [-0.2, -0.15) is 0 Å². The van der Waals surface area contributed by atoms with Crippen molar-refractivity contribution in [3.8, 4) is 5.75 Å². The number of allylic oxidation sites excluding steroid dienone is 1. The highest BCUT2D eigenvalue weighted by Gasteiger charge is 2.21. The van der Waals surface area contributed by atoms with Crippen molar-refractivity contribution in [2.45, 2.75) is 0 Å². The number of carbonyl (C=O) groups excluding carboxylic acids is 1. The van der Waals surface area contributed by atoms with E-state index in [1.807, 2.05) is 0 Å². The molecule has 0 spiro atoms. The average Bonchev–Trinajstić information content (AvgIpc) is 2.54. The van der Waals surface area contributed by atoms with E-state index in [1.165, 1.54) is 7.11 Å². The van der Waals surface area contributed by atoms with Gasteiger partial charge in [0.1, 0.15) is 11.5 Å². The predicted molar refractivity (Wildman–Crippen MR) is 80.8 cm³/mol. The van der Waals surface area contributed by atoms with Crippen LogP contribution in [0.15, 0.2) is 60.7 Å². The lowest BCUT2D eigenvalue weighted by Crippen LogP contribution is -2.06. The Labute approximate surface area is 127 Å². The number of ether oxygens (including phenoxy) is 1. The zero-order chi connectivity index (χ0) is 15.9. The molecule has 0 aliphatic carbocycles. The Kier molecular flexibility index (Phi) is 5.30. The van der Waals surface area contributed by atoms with Gasteiger partial charge < -0.3 is 9.39 Å². The Bertz CT molecular complexity index is 655. The summed E-state index contributed by atoms with van der Waals surface area (Å²) in [5, 5.41) is 0. The SMILES string of the molecule is COc1ccc(C(=O)/C=C(\OB(F)F)c2ccccc2)cc1. The van der Waals surface area contributed by atoms with Crippen LogP contribution in [0.2, 0.25) is 0 Å². The maximum absolute atomic E-state index is 12.5. The highest BCUT2D eigenvalue weighted by atomic mass is 19.2. The van der Waals surface area contributed by atoms with Gasteiger partial charge in [-0.3, -0.25) is 4.79 Å². The van der Waals surface area contributed by atoms with E-state index in [9.17, 15) is 13.4 Å². The minimum Gasteiger partial charge on any atom is -0.505 e. The van der Waals surface area contributed by atoms with Crippen molar-refractivity contribution in [2.75, 3.05) is 7.11 Å². The zero-order valence-electron chi connectivity index (χ0n) is 11.8. The number of hydrogen-bond acceptors (Lipinski definition) is 3. The third kappa shape index (κ3) is 4.18. The van der Waals surface area contributed by atoms with Gasteiger partial charge in [-0.05, 0) is 24.3 Å². The minimum absolute atomic E-state index is 0.170. The molecular formula is C16H13BF2O3. The molecule has 22 heavy (non-hydrogen) atoms. The average molecular weight is 302 g/mol. The van der Waals surface area contributed by atoms with Gasteiger partial charge in [-0.1, -0.05) is 30.3 Å². The predicted octanol–water partition coefficient (Wildman–Crippen LogP) is 3.86. The summed E-state index contributed by atoms with van der Waals surface area (Å²) in [6, 6.07) is 14.6. The van der Waals surface area contributed by atoms with Crippen LogP contribution in [0.4, 0.5) is 8.63 Å². The van der Waals surface area contributed by atoms with Crippen LogP contribution < -0.4 is 4.74 Å². The second kappa shape index (κ2) is 7.40. The van der Waals surface area contributed by atoms with E-state index in [0.717, 1.165) is 6.08 Å². The zero-order valence-corrected chi connectivity index (χ0v) is 11.8. The molecule has 0 radical (unpaired) electrons. The molecule has 0 amide bonds. The molecule has 0 aliphatic rings. The van der Waals surface area contributed by atoms with Crippen LogP contribution in [0.1, 0.15) is 15.9 Å². The van der Waals surface area contributed by atoms with E-state index in [0.29, 0.717) is 16.9 Å². The molecule has 6 heteroatoms. The van der Waals surface area contributed by atoms with Crippen molar-refractivity contribution in [3.05, 3.63) is 71.8 Å². The largest absolute Gasteiger partial charge is 0.796 e. The summed E-state index contributed by atoms with van der Waals surface area (Å²) in [4.78, 5) is 12.2. The number of rotatable bonds is 6. The number of benzene rings is 2. The van der Waals surface area contributed by atoms with Crippen LogP contribution in [-0.2, 0) is 4.65 Å². The standard InChI is InChI=1S/C16H13BF2O3/c1-21-14-9-7-12(8-10-14)15(20)11-16(22-17(18)19)13-5-3-2-4-6-13/h2-11H,1H3/b16-11-. The summed E-state index contributed by atoms with van der Waals surface area (Å²) >= 11 is 0. The number of carbonyl (C=O) groups is 1. The molecular weight excluding hydrogens is 289 g/mol. The summed E-state index contributed by atoms with van der Waals surface area (Å²) in [7, 11) is -1.49. The molecule has 0 bridgehead atoms. The topological polar surface area (TPSA) is 35.5 Å². The van der Waals surface area contributed by atoms with Crippen LogP contribution >= 0.6 is 0 Å². The highest BCUT2D eigenvalue weighted by molar-refractivity contribution is 6.36. The maximum atomic E-state index is 12.5. The molecule has 2 rings (SSSR count). The van der Waals surface area contributed by atoms with Gasteiger partial charge in [0, 0.05) is 17.2 Å². The lowest BCUT2D eigenvalue weighted by Gasteiger charge is -2.08. The van der Waals surface area contributed by atoms with Gasteiger partial charge >= 0.3 is 7.47 Å². The molecule has 0 heterocycles. The molecule has 2 aromatic rings. The quantitative estimate of drug-likeness (QED) is 0.352. The van der Waals surface area contributed by atoms with Crippen LogP contribution in [0, 0.1) is 0 Å². The van der Waals surface area contributed by atoms with Crippen LogP contribution in [0.25, 0.3) is 5.76 Å². The molecule has 0 aromatic heterocycles. The summed E-state index contributed by atoms with van der Waals surface area (Å²) in [6.07, 6.45) is 1.06. The van der Waals surface area contributed by atoms with Crippen molar-refractivity contribution in [3.63, 3.8) is 0 Å². The Morgan fingerprint density at radius 2 is 1.64 bits per heavy atom. The number of halogens is 2. The fraction of sp³-hybridized carbons (Fsp3) is 0.0625. The number of methoxy groups -OCH3 is 1. The fourth-order valence-corrected chi connectivity index (χ4v) is 1.84. The molecule has 0 saturated carbocycles. The summed E-state index contributed by atoms with van der Waals surface area (Å²) < 4.78 is 34.5. The van der Waals surface area contributed by atoms with Crippen molar-refractivity contribution in [1.29, 1.82) is 0 Å². The third-order valence-electron chi connectivity index (χ3n) is 2.91. The van der Waals surface area contributed by atoms with Crippen molar-refractivity contribution in [1.82, 2.24) is 0 Å². The van der Waals surface area contributed by atoms with E-state index in [4.69, 9.17) is 4.74 Å². The number of ketones is 1. The van der Waals surface area contributed by atoms with Gasteiger partial charge in [0.15, 0.2) is 5.78 Å². The maximum Gasteiger partial charge on any atom is 0.796 e. The molecule has 0 aliphatic heterocycles. The molecule has 0 fully saturated rings. The van der Waals surface area contributed by atoms with E-state index >= 15 is 0 Å². The highest BCUT2D eigenvalue weighted by Crippen LogP contribution is 2.19. The Morgan fingerprint density at radius 1 is 1.00 bits per heavy atom. The van der Waals surface area contributed by atoms with E-state index in [-0.39, 0.29) is 5.76 Å². The molecule has 2 aromatic carbocycles. The van der Waals surface area contributed by atoms with Crippen molar-refractivity contribution < 1.29 is 22.8 Å². The van der Waals surface area contributed by atoms with E-state index in [1.54, 1.807) is 54.6 Å². The monoisotopic (exact) mass is 302 g/mol. The first-order valence-corrected chi connectivity index (χ1v) is 6.50. The Hall–Kier alpha value is -2.63. The van der Waals surface area contributed by atoms with E-state index in [2.05, 4.69) is 4.65 Å². The first-order valence-electron chi connectivity index (χ1n) is 6.50. The van der Waals surface area contributed by atoms with Gasteiger partial charge in [-0.15, -0.1) is 0 Å². The summed E-state index contributed by atoms with van der Waals surface area (Å²) in [6.45, 7) is 0. The molecule has 3 nitrogen and oxygen atoms in total. The first-order chi connectivity index (χ1) is 10.6. The number of hydrogen-bond donors (Lipinski definition) is 0.